The molecule has 0 amide bonds. The van der Waals surface area contributed by atoms with E-state index in [0.29, 0.717) is 23.7 Å². The highest BCUT2D eigenvalue weighted by Crippen LogP contribution is 2.27. The van der Waals surface area contributed by atoms with Crippen molar-refractivity contribution < 1.29 is 9.47 Å². The number of hydrogen-bond acceptors (Lipinski definition) is 5. The van der Waals surface area contributed by atoms with Gasteiger partial charge in [0.15, 0.2) is 0 Å². The molecule has 3 rings (SSSR count). The molecule has 0 bridgehead atoms. The van der Waals surface area contributed by atoms with Gasteiger partial charge in [0.05, 0.1) is 12.8 Å². The minimum absolute atomic E-state index is 0.174. The Morgan fingerprint density at radius 2 is 1.76 bits per heavy atom. The number of anilines is 1. The number of rotatable bonds is 5. The number of aromatic nitrogens is 2. The molecule has 1 aromatic heterocycles. The first-order valence-electron chi connectivity index (χ1n) is 7.90. The first kappa shape index (κ1) is 16.6. The molecule has 0 atom stereocenters. The fourth-order valence-corrected chi connectivity index (χ4v) is 2.42. The fourth-order valence-electron chi connectivity index (χ4n) is 2.42. The molecule has 0 aliphatic heterocycles. The van der Waals surface area contributed by atoms with Gasteiger partial charge in [-0.05, 0) is 49.4 Å². The van der Waals surface area contributed by atoms with E-state index in [4.69, 9.17) is 15.2 Å². The molecule has 25 heavy (non-hydrogen) atoms. The fraction of sp³-hybridized carbons (Fsp3) is 0.158. The van der Waals surface area contributed by atoms with Crippen LogP contribution in [0.25, 0.3) is 11.3 Å². The summed E-state index contributed by atoms with van der Waals surface area (Å²) in [6.07, 6.45) is 0. The van der Waals surface area contributed by atoms with Crippen LogP contribution in [0.1, 0.15) is 6.92 Å². The highest BCUT2D eigenvalue weighted by Gasteiger charge is 2.08. The normalized spacial score (nSPS) is 10.5. The molecule has 2 aromatic carbocycles. The molecule has 128 valence electrons. The molecule has 1 heterocycles. The quantitative estimate of drug-likeness (QED) is 0.772. The van der Waals surface area contributed by atoms with Crippen LogP contribution < -0.4 is 20.8 Å². The molecule has 6 nitrogen and oxygen atoms in total. The SMILES string of the molecule is CCn1nc(-c2cccc(Oc3ccc(OC)cc3)c2)cc(N)c1=O. The van der Waals surface area contributed by atoms with Crippen LogP contribution in [0.5, 0.6) is 17.2 Å². The monoisotopic (exact) mass is 337 g/mol. The van der Waals surface area contributed by atoms with Crippen LogP contribution in [0.2, 0.25) is 0 Å². The number of ether oxygens (including phenoxy) is 2. The first-order valence-corrected chi connectivity index (χ1v) is 7.90. The lowest BCUT2D eigenvalue weighted by Crippen LogP contribution is -2.24. The van der Waals surface area contributed by atoms with Gasteiger partial charge in [-0.2, -0.15) is 5.10 Å². The number of nitrogen functional groups attached to an aromatic ring is 1. The summed E-state index contributed by atoms with van der Waals surface area (Å²) in [4.78, 5) is 11.9. The van der Waals surface area contributed by atoms with Crippen molar-refractivity contribution in [3.63, 3.8) is 0 Å². The van der Waals surface area contributed by atoms with Gasteiger partial charge in [0.2, 0.25) is 0 Å². The Morgan fingerprint density at radius 3 is 2.44 bits per heavy atom. The molecule has 0 saturated heterocycles. The van der Waals surface area contributed by atoms with Crippen molar-refractivity contribution in [2.24, 2.45) is 0 Å². The highest BCUT2D eigenvalue weighted by atomic mass is 16.5. The Kier molecular flexibility index (Phi) is 4.70. The van der Waals surface area contributed by atoms with Gasteiger partial charge in [-0.1, -0.05) is 12.1 Å². The topological polar surface area (TPSA) is 79.4 Å². The van der Waals surface area contributed by atoms with E-state index < -0.39 is 0 Å². The van der Waals surface area contributed by atoms with Crippen LogP contribution in [-0.4, -0.2) is 16.9 Å². The average Bonchev–Trinajstić information content (AvgIpc) is 2.64. The third-order valence-electron chi connectivity index (χ3n) is 3.73. The van der Waals surface area contributed by atoms with Crippen LogP contribution in [0.4, 0.5) is 5.69 Å². The lowest BCUT2D eigenvalue weighted by atomic mass is 10.1. The summed E-state index contributed by atoms with van der Waals surface area (Å²) in [6.45, 7) is 2.31. The Morgan fingerprint density at radius 1 is 1.04 bits per heavy atom. The first-order chi connectivity index (χ1) is 12.1. The minimum atomic E-state index is -0.281. The molecule has 0 aliphatic carbocycles. The third kappa shape index (κ3) is 3.63. The third-order valence-corrected chi connectivity index (χ3v) is 3.73. The van der Waals surface area contributed by atoms with Gasteiger partial charge in [-0.15, -0.1) is 0 Å². The van der Waals surface area contributed by atoms with E-state index in [1.165, 1.54) is 4.68 Å². The lowest BCUT2D eigenvalue weighted by Gasteiger charge is -2.10. The summed E-state index contributed by atoms with van der Waals surface area (Å²) in [6, 6.07) is 16.4. The van der Waals surface area contributed by atoms with Crippen LogP contribution in [0.3, 0.4) is 0 Å². The smallest absolute Gasteiger partial charge is 0.289 e. The molecule has 0 unspecified atom stereocenters. The summed E-state index contributed by atoms with van der Waals surface area (Å²) >= 11 is 0. The zero-order chi connectivity index (χ0) is 17.8. The maximum absolute atomic E-state index is 11.9. The van der Waals surface area contributed by atoms with E-state index >= 15 is 0 Å². The van der Waals surface area contributed by atoms with Gasteiger partial charge in [-0.25, -0.2) is 4.68 Å². The van der Waals surface area contributed by atoms with Gasteiger partial charge in [0, 0.05) is 12.1 Å². The maximum atomic E-state index is 11.9. The van der Waals surface area contributed by atoms with Gasteiger partial charge in [0.1, 0.15) is 22.9 Å². The van der Waals surface area contributed by atoms with Crippen molar-refractivity contribution in [1.82, 2.24) is 9.78 Å². The van der Waals surface area contributed by atoms with Crippen molar-refractivity contribution in [1.29, 1.82) is 0 Å². The standard InChI is InChI=1S/C19H19N3O3/c1-3-22-19(23)17(20)12-18(21-22)13-5-4-6-16(11-13)25-15-9-7-14(24-2)8-10-15/h4-12H,3,20H2,1-2H3. The van der Waals surface area contributed by atoms with E-state index in [2.05, 4.69) is 5.10 Å². The Hall–Kier alpha value is -3.28. The summed E-state index contributed by atoms with van der Waals surface area (Å²) in [5.74, 6) is 2.13. The Labute approximate surface area is 145 Å². The van der Waals surface area contributed by atoms with Crippen molar-refractivity contribution in [2.45, 2.75) is 13.5 Å². The zero-order valence-corrected chi connectivity index (χ0v) is 14.1. The van der Waals surface area contributed by atoms with Crippen LogP contribution in [0, 0.1) is 0 Å². The van der Waals surface area contributed by atoms with Crippen LogP contribution in [0.15, 0.2) is 59.4 Å². The number of hydrogen-bond donors (Lipinski definition) is 1. The van der Waals surface area contributed by atoms with Crippen LogP contribution >= 0.6 is 0 Å². The predicted molar refractivity (Wildman–Crippen MR) is 97.1 cm³/mol. The summed E-state index contributed by atoms with van der Waals surface area (Å²) in [5.41, 5.74) is 7.14. The largest absolute Gasteiger partial charge is 0.497 e. The molecule has 0 aliphatic rings. The molecule has 0 fully saturated rings. The zero-order valence-electron chi connectivity index (χ0n) is 14.1. The van der Waals surface area contributed by atoms with Gasteiger partial charge >= 0.3 is 0 Å². The van der Waals surface area contributed by atoms with Crippen molar-refractivity contribution in [3.8, 4) is 28.5 Å². The number of methoxy groups -OCH3 is 1. The Bertz CT molecular complexity index is 933. The van der Waals surface area contributed by atoms with E-state index in [1.54, 1.807) is 13.2 Å². The van der Waals surface area contributed by atoms with E-state index in [1.807, 2.05) is 55.5 Å². The molecule has 0 radical (unpaired) electrons. The Balaban J connectivity index is 1.91. The predicted octanol–water partition coefficient (Wildman–Crippen LogP) is 3.31. The molecular formula is C19H19N3O3. The molecule has 0 spiro atoms. The van der Waals surface area contributed by atoms with Crippen molar-refractivity contribution in [2.75, 3.05) is 12.8 Å². The van der Waals surface area contributed by atoms with E-state index in [0.717, 1.165) is 11.3 Å². The number of aryl methyl sites for hydroxylation is 1. The minimum Gasteiger partial charge on any atom is -0.497 e. The molecular weight excluding hydrogens is 318 g/mol. The van der Waals surface area contributed by atoms with Gasteiger partial charge in [-0.3, -0.25) is 4.79 Å². The number of nitrogens with zero attached hydrogens (tertiary/aromatic N) is 2. The summed E-state index contributed by atoms with van der Waals surface area (Å²) in [5, 5.41) is 4.34. The second kappa shape index (κ2) is 7.09. The second-order valence-electron chi connectivity index (χ2n) is 5.41. The van der Waals surface area contributed by atoms with Crippen molar-refractivity contribution >= 4 is 5.69 Å². The molecule has 3 aromatic rings. The molecule has 6 heteroatoms. The summed E-state index contributed by atoms with van der Waals surface area (Å²) < 4.78 is 12.4. The van der Waals surface area contributed by atoms with Crippen molar-refractivity contribution in [3.05, 3.63) is 65.0 Å². The maximum Gasteiger partial charge on any atom is 0.289 e. The lowest BCUT2D eigenvalue weighted by molar-refractivity contribution is 0.413. The van der Waals surface area contributed by atoms with Crippen LogP contribution in [-0.2, 0) is 6.54 Å². The molecule has 0 saturated carbocycles. The van der Waals surface area contributed by atoms with Gasteiger partial charge < -0.3 is 15.2 Å². The highest BCUT2D eigenvalue weighted by molar-refractivity contribution is 5.64. The number of benzene rings is 2. The van der Waals surface area contributed by atoms with E-state index in [-0.39, 0.29) is 11.2 Å². The van der Waals surface area contributed by atoms with Gasteiger partial charge in [0.25, 0.3) is 5.56 Å². The summed E-state index contributed by atoms with van der Waals surface area (Å²) in [7, 11) is 1.62. The molecule has 2 N–H and O–H groups in total. The number of nitrogens with two attached hydrogens (primary N) is 1. The van der Waals surface area contributed by atoms with E-state index in [9.17, 15) is 4.79 Å². The second-order valence-corrected chi connectivity index (χ2v) is 5.41. The average molecular weight is 337 g/mol.